The van der Waals surface area contributed by atoms with E-state index in [2.05, 4.69) is 242 Å². The predicted octanol–water partition coefficient (Wildman–Crippen LogP) is 14.9. The van der Waals surface area contributed by atoms with Gasteiger partial charge in [-0.3, -0.25) is 11.8 Å². The number of rotatable bonds is 7. The minimum Gasteiger partial charge on any atom is -0.366 e. The number of hydrogen-bond acceptors (Lipinski definition) is 0. The van der Waals surface area contributed by atoms with Gasteiger partial charge in [0.05, 0.1) is 37.1 Å². The first kappa shape index (κ1) is 50.1. The van der Waals surface area contributed by atoms with E-state index in [9.17, 15) is 0 Å². The van der Waals surface area contributed by atoms with Crippen molar-refractivity contribution in [2.24, 2.45) is 0 Å². The van der Waals surface area contributed by atoms with Crippen LogP contribution >= 0.6 is 15.8 Å². The van der Waals surface area contributed by atoms with Crippen molar-refractivity contribution in [3.8, 4) is 11.8 Å². The Labute approximate surface area is 445 Å². The Kier molecular flexibility index (Phi) is 17.2. The van der Waals surface area contributed by atoms with Gasteiger partial charge >= 0.3 is 44.8 Å². The maximum absolute atomic E-state index is 7.24. The van der Waals surface area contributed by atoms with Gasteiger partial charge in [-0.2, -0.15) is 0 Å². The molecule has 4 heteroatoms. The van der Waals surface area contributed by atoms with Crippen LogP contribution in [0.4, 0.5) is 0 Å². The molecule has 0 heterocycles. The van der Waals surface area contributed by atoms with E-state index in [1.165, 1.54) is 87.4 Å². The van der Waals surface area contributed by atoms with E-state index >= 15 is 0 Å². The zero-order valence-electron chi connectivity index (χ0n) is 38.3. The third-order valence-corrected chi connectivity index (χ3v) is 18.8. The molecule has 0 radical (unpaired) electrons. The van der Waals surface area contributed by atoms with Crippen LogP contribution in [-0.4, -0.2) is 12.3 Å². The molecule has 0 aliphatic carbocycles. The number of hydrogen-bond donors (Lipinski definition) is 0. The first-order chi connectivity index (χ1) is 33.6. The smallest absolute Gasteiger partial charge is 0.366 e. The van der Waals surface area contributed by atoms with E-state index < -0.39 is 15.8 Å². The van der Waals surface area contributed by atoms with Crippen molar-refractivity contribution in [1.29, 1.82) is 0 Å². The molecule has 0 amide bonds. The molecule has 0 aliphatic heterocycles. The van der Waals surface area contributed by atoms with Crippen LogP contribution in [0.25, 0.3) is 64.6 Å². The molecular weight excluding hydrogens is 1070 g/mol. The maximum Gasteiger partial charge on any atom is 1.00 e. The minimum absolute atomic E-state index is 0. The molecule has 12 rings (SSSR count). The molecule has 0 nitrogen and oxygen atoms in total. The molecule has 342 valence electrons. The topological polar surface area (TPSA) is 0 Å². The van der Waals surface area contributed by atoms with Gasteiger partial charge in [0.1, 0.15) is 12.3 Å². The van der Waals surface area contributed by atoms with Gasteiger partial charge in [-0.1, -0.05) is 133 Å². The fraction of sp³-hybridized carbons (Fsp3) is 0.0303. The second kappa shape index (κ2) is 24.0. The largest absolute Gasteiger partial charge is 1.00 e. The van der Waals surface area contributed by atoms with Crippen LogP contribution in [-0.2, 0) is 44.8 Å². The summed E-state index contributed by atoms with van der Waals surface area (Å²) in [6.07, 6.45) is 17.0. The second-order valence-electron chi connectivity index (χ2n) is 17.1. The summed E-state index contributed by atoms with van der Waals surface area (Å²) in [5.74, 6) is 4.89. The molecule has 0 N–H and O–H groups in total. The van der Waals surface area contributed by atoms with Gasteiger partial charge in [0.25, 0.3) is 0 Å². The third-order valence-electron chi connectivity index (χ3n) is 12.7. The molecule has 0 saturated heterocycles. The zero-order chi connectivity index (χ0) is 46.1. The monoisotopic (exact) mass is 1120 g/mol. The molecule has 0 aliphatic rings. The Morgan fingerprint density at radius 3 is 0.714 bits per heavy atom. The molecule has 12 aromatic rings. The summed E-state index contributed by atoms with van der Waals surface area (Å²) in [7, 11) is -1.57. The molecule has 70 heavy (non-hydrogen) atoms. The van der Waals surface area contributed by atoms with Gasteiger partial charge in [0.15, 0.2) is 0 Å². The summed E-state index contributed by atoms with van der Waals surface area (Å²) in [5.41, 5.74) is 1.63. The van der Waals surface area contributed by atoms with E-state index in [0.717, 1.165) is 21.9 Å². The van der Waals surface area contributed by atoms with E-state index in [4.69, 9.17) is 12.8 Å². The molecule has 0 aromatic heterocycles. The SMILES string of the molecule is [Ag+].[Ag+].[C-]#Cc1ccc2cc3cc4ccccc4cc3cc2c1.[C-]#Cc1ccc2cc3cc4ccccc4cc3cc2c1.c1ccc([PH+](CC[PH+](c2ccccc2)c2ccccc2)c2ccccc2)cc1. The van der Waals surface area contributed by atoms with Gasteiger partial charge in [0, 0.05) is 0 Å². The van der Waals surface area contributed by atoms with Gasteiger partial charge in [0.2, 0.25) is 0 Å². The quantitative estimate of drug-likeness (QED) is 0.0491. The summed E-state index contributed by atoms with van der Waals surface area (Å²) < 4.78 is 0. The molecule has 0 unspecified atom stereocenters. The average molecular weight is 1120 g/mol. The number of fused-ring (bicyclic) bond motifs is 6. The van der Waals surface area contributed by atoms with E-state index in [-0.39, 0.29) is 44.8 Å². The Bertz CT molecular complexity index is 3440. The number of benzene rings is 12. The van der Waals surface area contributed by atoms with Crippen LogP contribution in [0.2, 0.25) is 0 Å². The Hall–Kier alpha value is -6.34. The van der Waals surface area contributed by atoms with E-state index in [1.807, 2.05) is 24.3 Å². The van der Waals surface area contributed by atoms with Crippen LogP contribution in [0.5, 0.6) is 0 Å². The van der Waals surface area contributed by atoms with Gasteiger partial charge in [-0.25, -0.2) is 0 Å². The summed E-state index contributed by atoms with van der Waals surface area (Å²) in [5, 5.41) is 20.8. The van der Waals surface area contributed by atoms with Crippen LogP contribution in [0.15, 0.2) is 255 Å². The van der Waals surface area contributed by atoms with Crippen molar-refractivity contribution in [2.75, 3.05) is 12.3 Å². The van der Waals surface area contributed by atoms with Crippen molar-refractivity contribution in [3.05, 3.63) is 279 Å². The Morgan fingerprint density at radius 1 is 0.243 bits per heavy atom. The van der Waals surface area contributed by atoms with Crippen molar-refractivity contribution < 1.29 is 44.8 Å². The van der Waals surface area contributed by atoms with Crippen LogP contribution in [0, 0.1) is 24.7 Å². The fourth-order valence-electron chi connectivity index (χ4n) is 9.26. The van der Waals surface area contributed by atoms with Crippen molar-refractivity contribution >= 4 is 102 Å². The third kappa shape index (κ3) is 11.8. The average Bonchev–Trinajstić information content (AvgIpc) is 3.40. The Morgan fingerprint density at radius 2 is 0.457 bits per heavy atom. The first-order valence-corrected chi connectivity index (χ1v) is 26.5. The van der Waals surface area contributed by atoms with Gasteiger partial charge < -0.3 is 12.8 Å². The maximum atomic E-state index is 7.24. The second-order valence-corrected chi connectivity index (χ2v) is 22.3. The Balaban J connectivity index is 0.000000142. The van der Waals surface area contributed by atoms with Crippen LogP contribution in [0.1, 0.15) is 11.1 Å². The molecule has 0 saturated carbocycles. The molecular formula is C66H48Ag2P2+2. The first-order valence-electron chi connectivity index (χ1n) is 23.1. The van der Waals surface area contributed by atoms with Gasteiger partial charge in [-0.05, 0) is 162 Å². The predicted molar refractivity (Wildman–Crippen MR) is 301 cm³/mol. The van der Waals surface area contributed by atoms with Gasteiger partial charge in [-0.15, -0.1) is 35.4 Å². The molecule has 0 spiro atoms. The summed E-state index contributed by atoms with van der Waals surface area (Å²) >= 11 is 0. The van der Waals surface area contributed by atoms with Crippen molar-refractivity contribution in [3.63, 3.8) is 0 Å². The summed E-state index contributed by atoms with van der Waals surface area (Å²) in [6, 6.07) is 91.1. The molecule has 0 bridgehead atoms. The summed E-state index contributed by atoms with van der Waals surface area (Å²) in [6.45, 7) is 0. The minimum atomic E-state index is -0.783. The molecule has 0 fully saturated rings. The van der Waals surface area contributed by atoms with Crippen molar-refractivity contribution in [1.82, 2.24) is 0 Å². The van der Waals surface area contributed by atoms with Crippen molar-refractivity contribution in [2.45, 2.75) is 0 Å². The fourth-order valence-corrected chi connectivity index (χ4v) is 15.5. The van der Waals surface area contributed by atoms with E-state index in [0.29, 0.717) is 0 Å². The zero-order valence-corrected chi connectivity index (χ0v) is 43.2. The summed E-state index contributed by atoms with van der Waals surface area (Å²) in [4.78, 5) is 0. The molecule has 0 atom stereocenters. The molecule has 12 aromatic carbocycles. The van der Waals surface area contributed by atoms with Crippen LogP contribution in [0.3, 0.4) is 0 Å². The van der Waals surface area contributed by atoms with E-state index in [1.54, 1.807) is 0 Å². The normalized spacial score (nSPS) is 10.7. The van der Waals surface area contributed by atoms with Crippen LogP contribution < -0.4 is 21.2 Å². The standard InChI is InChI=1S/C26H24P2.2C20H11.2Ag/c1-5-13-23(14-6-1)27(24-15-7-2-8-16-24)21-22-28(25-17-9-3-10-18-25)26-19-11-4-12-20-26;2*1-2-14-7-8-17-12-19-10-15-5-3-4-6-16(15)11-20(19)13-18(17)9-14;;/h1-20H,21-22H2;2*3-13H;;/q;2*-1;2*+1/p+2.